The molecule has 8 heteroatoms. The minimum absolute atomic E-state index is 0.317. The van der Waals surface area contributed by atoms with E-state index in [9.17, 15) is 24.3 Å². The number of furan rings is 1. The van der Waals surface area contributed by atoms with Gasteiger partial charge in [0.25, 0.3) is 5.91 Å². The number of hydrogen-bond acceptors (Lipinski definition) is 5. The largest absolute Gasteiger partial charge is 0.481 e. The molecular weight excluding hydrogens is 400 g/mol. The normalized spacial score (nSPS) is 19.1. The number of carbonyl (C=O) groups is 4. The maximum Gasteiger partial charge on any atom is 0.327 e. The van der Waals surface area contributed by atoms with E-state index in [1.165, 1.54) is 17.5 Å². The Bertz CT molecular complexity index is 1100. The average Bonchev–Trinajstić information content (AvgIpc) is 3.17. The summed E-state index contributed by atoms with van der Waals surface area (Å²) in [5.41, 5.74) is 1.15. The van der Waals surface area contributed by atoms with Gasteiger partial charge in [0.2, 0.25) is 0 Å². The van der Waals surface area contributed by atoms with E-state index in [1.54, 1.807) is 26.0 Å². The summed E-state index contributed by atoms with van der Waals surface area (Å²) < 4.78 is 5.93. The maximum atomic E-state index is 12.9. The summed E-state index contributed by atoms with van der Waals surface area (Å²) in [5.74, 6) is -2.29. The molecule has 8 nitrogen and oxygen atoms in total. The van der Waals surface area contributed by atoms with Gasteiger partial charge in [0.15, 0.2) is 5.78 Å². The molecule has 4 rings (SSSR count). The van der Waals surface area contributed by atoms with Crippen molar-refractivity contribution in [2.24, 2.45) is 5.92 Å². The van der Waals surface area contributed by atoms with Gasteiger partial charge in [-0.25, -0.2) is 4.79 Å². The van der Waals surface area contributed by atoms with Crippen molar-refractivity contribution in [2.45, 2.75) is 51.5 Å². The molecule has 2 aromatic rings. The van der Waals surface area contributed by atoms with Crippen LogP contribution in [0.4, 0.5) is 4.79 Å². The fraction of sp³-hybridized carbons (Fsp3) is 0.478. The molecule has 1 saturated heterocycles. The lowest BCUT2D eigenvalue weighted by atomic mass is 9.94. The van der Waals surface area contributed by atoms with Gasteiger partial charge >= 0.3 is 12.0 Å². The van der Waals surface area contributed by atoms with Crippen molar-refractivity contribution in [3.05, 3.63) is 35.1 Å². The molecule has 0 spiro atoms. The van der Waals surface area contributed by atoms with Crippen LogP contribution < -0.4 is 0 Å². The molecule has 0 saturated carbocycles. The van der Waals surface area contributed by atoms with Crippen molar-refractivity contribution in [3.8, 4) is 0 Å². The molecule has 1 fully saturated rings. The number of rotatable bonds is 6. The van der Waals surface area contributed by atoms with E-state index in [0.29, 0.717) is 11.1 Å². The van der Waals surface area contributed by atoms with Gasteiger partial charge in [-0.15, -0.1) is 0 Å². The van der Waals surface area contributed by atoms with E-state index in [2.05, 4.69) is 0 Å². The summed E-state index contributed by atoms with van der Waals surface area (Å²) in [6, 6.07) is 4.66. The number of aryl methyl sites for hydroxylation is 2. The van der Waals surface area contributed by atoms with Crippen molar-refractivity contribution in [2.75, 3.05) is 13.6 Å². The van der Waals surface area contributed by atoms with Gasteiger partial charge in [-0.1, -0.05) is 12.1 Å². The van der Waals surface area contributed by atoms with Gasteiger partial charge in [0, 0.05) is 42.9 Å². The topological polar surface area (TPSA) is 108 Å². The average molecular weight is 426 g/mol. The highest BCUT2D eigenvalue weighted by molar-refractivity contribution is 6.07. The lowest BCUT2D eigenvalue weighted by Gasteiger charge is -2.22. The standard InChI is InChI=1S/C23H26N2O6/c1-23(2)21(29)25(22(30)24(23)3)12-14(20(27)28)10-17(26)13-8-9-16-15-6-4-5-7-18(15)31-19(16)11-13/h8-9,11,14H,4-7,10,12H2,1-3H3,(H,27,28)/t14-/m1/s1. The summed E-state index contributed by atoms with van der Waals surface area (Å²) >= 11 is 0. The summed E-state index contributed by atoms with van der Waals surface area (Å²) in [6.07, 6.45) is 3.72. The Hall–Kier alpha value is -3.16. The van der Waals surface area contributed by atoms with E-state index in [1.807, 2.05) is 6.07 Å². The fourth-order valence-corrected chi connectivity index (χ4v) is 4.37. The Morgan fingerprint density at radius 1 is 1.19 bits per heavy atom. The Labute approximate surface area is 179 Å². The van der Waals surface area contributed by atoms with E-state index < -0.39 is 29.4 Å². The molecule has 2 heterocycles. The quantitative estimate of drug-likeness (QED) is 0.561. The minimum Gasteiger partial charge on any atom is -0.481 e. The lowest BCUT2D eigenvalue weighted by molar-refractivity contribution is -0.143. The van der Waals surface area contributed by atoms with Crippen LogP contribution >= 0.6 is 0 Å². The number of hydrogen-bond donors (Lipinski definition) is 1. The zero-order valence-electron chi connectivity index (χ0n) is 17.9. The molecule has 1 aliphatic carbocycles. The molecular formula is C23H26N2O6. The summed E-state index contributed by atoms with van der Waals surface area (Å²) in [6.45, 7) is 2.86. The van der Waals surface area contributed by atoms with Gasteiger partial charge in [0.1, 0.15) is 16.9 Å². The number of ketones is 1. The highest BCUT2D eigenvalue weighted by atomic mass is 16.4. The van der Waals surface area contributed by atoms with Gasteiger partial charge in [-0.3, -0.25) is 19.3 Å². The number of carboxylic acids is 1. The second-order valence-corrected chi connectivity index (χ2v) is 8.90. The number of likely N-dealkylation sites (N-methyl/N-ethyl adjacent to an activating group) is 1. The van der Waals surface area contributed by atoms with Crippen LogP contribution in [0.5, 0.6) is 0 Å². The van der Waals surface area contributed by atoms with Gasteiger partial charge in [-0.05, 0) is 39.2 Å². The van der Waals surface area contributed by atoms with Crippen LogP contribution in [0.1, 0.15) is 54.8 Å². The molecule has 0 bridgehead atoms. The summed E-state index contributed by atoms with van der Waals surface area (Å²) in [7, 11) is 1.50. The lowest BCUT2D eigenvalue weighted by Crippen LogP contribution is -2.42. The first-order valence-corrected chi connectivity index (χ1v) is 10.5. The maximum absolute atomic E-state index is 12.9. The van der Waals surface area contributed by atoms with Crippen molar-refractivity contribution >= 4 is 34.7 Å². The van der Waals surface area contributed by atoms with E-state index in [4.69, 9.17) is 4.42 Å². The van der Waals surface area contributed by atoms with Crippen LogP contribution in [0.15, 0.2) is 22.6 Å². The zero-order chi connectivity index (χ0) is 22.5. The summed E-state index contributed by atoms with van der Waals surface area (Å²) in [4.78, 5) is 51.9. The molecule has 31 heavy (non-hydrogen) atoms. The first-order chi connectivity index (χ1) is 14.6. The molecule has 1 aromatic carbocycles. The molecule has 0 radical (unpaired) electrons. The third-order valence-electron chi connectivity index (χ3n) is 6.59. The van der Waals surface area contributed by atoms with E-state index >= 15 is 0 Å². The molecule has 164 valence electrons. The number of Topliss-reactive ketones (excluding diaryl/α,β-unsaturated/α-hetero) is 1. The highest BCUT2D eigenvalue weighted by Gasteiger charge is 2.50. The summed E-state index contributed by atoms with van der Waals surface area (Å²) in [5, 5.41) is 10.6. The predicted molar refractivity (Wildman–Crippen MR) is 112 cm³/mol. The van der Waals surface area contributed by atoms with Crippen LogP contribution in [-0.2, 0) is 22.4 Å². The fourth-order valence-electron chi connectivity index (χ4n) is 4.37. The number of imide groups is 1. The van der Waals surface area contributed by atoms with Gasteiger partial charge < -0.3 is 14.4 Å². The Morgan fingerprint density at radius 3 is 2.55 bits per heavy atom. The third-order valence-corrected chi connectivity index (χ3v) is 6.59. The van der Waals surface area contributed by atoms with Crippen LogP contribution in [0.25, 0.3) is 11.0 Å². The second kappa shape index (κ2) is 7.51. The number of amides is 3. The van der Waals surface area contributed by atoms with Crippen molar-refractivity contribution in [3.63, 3.8) is 0 Å². The number of urea groups is 1. The second-order valence-electron chi connectivity index (χ2n) is 8.90. The molecule has 1 aromatic heterocycles. The van der Waals surface area contributed by atoms with Crippen LogP contribution in [0.2, 0.25) is 0 Å². The Balaban J connectivity index is 1.53. The molecule has 1 N–H and O–H groups in total. The minimum atomic E-state index is -1.23. The van der Waals surface area contributed by atoms with Gasteiger partial charge in [0.05, 0.1) is 5.92 Å². The number of fused-ring (bicyclic) bond motifs is 3. The van der Waals surface area contributed by atoms with Crippen LogP contribution in [0.3, 0.4) is 0 Å². The Morgan fingerprint density at radius 2 is 1.90 bits per heavy atom. The number of carboxylic acid groups (broad SMARTS) is 1. The smallest absolute Gasteiger partial charge is 0.327 e. The molecule has 3 amide bonds. The molecule has 1 atom stereocenters. The molecule has 0 unspecified atom stereocenters. The number of carbonyl (C=O) groups excluding carboxylic acids is 3. The van der Waals surface area contributed by atoms with Crippen molar-refractivity contribution < 1.29 is 28.7 Å². The first-order valence-electron chi connectivity index (χ1n) is 10.5. The molecule has 2 aliphatic rings. The van der Waals surface area contributed by atoms with Crippen molar-refractivity contribution in [1.29, 1.82) is 0 Å². The highest BCUT2D eigenvalue weighted by Crippen LogP contribution is 2.33. The number of benzene rings is 1. The monoisotopic (exact) mass is 426 g/mol. The predicted octanol–water partition coefficient (Wildman–Crippen LogP) is 3.26. The SMILES string of the molecule is CN1C(=O)N(C[C@@H](CC(=O)c2ccc3c4c(oc3c2)CCCC4)C(=O)O)C(=O)C1(C)C. The molecule has 1 aliphatic heterocycles. The van der Waals surface area contributed by atoms with E-state index in [-0.39, 0.29) is 18.7 Å². The van der Waals surface area contributed by atoms with Crippen molar-refractivity contribution in [1.82, 2.24) is 9.80 Å². The number of aliphatic carboxylic acids is 1. The first kappa shape index (κ1) is 21.1. The van der Waals surface area contributed by atoms with Gasteiger partial charge in [-0.2, -0.15) is 0 Å². The van der Waals surface area contributed by atoms with E-state index in [0.717, 1.165) is 41.7 Å². The Kier molecular flexibility index (Phi) is 5.11. The number of nitrogens with zero attached hydrogens (tertiary/aromatic N) is 2. The zero-order valence-corrected chi connectivity index (χ0v) is 17.9. The van der Waals surface area contributed by atoms with Crippen LogP contribution in [-0.4, -0.2) is 57.7 Å². The third kappa shape index (κ3) is 3.49. The van der Waals surface area contributed by atoms with Crippen LogP contribution in [0, 0.1) is 5.92 Å².